The summed E-state index contributed by atoms with van der Waals surface area (Å²) in [5, 5.41) is 3.52. The summed E-state index contributed by atoms with van der Waals surface area (Å²) >= 11 is 0. The second-order valence-electron chi connectivity index (χ2n) is 15.6. The molecule has 3 aromatic rings. The Bertz CT molecular complexity index is 2020. The number of fused-ring (bicyclic) bond motifs is 4. The number of methoxy groups -OCH3 is 2. The van der Waals surface area contributed by atoms with Crippen LogP contribution in [-0.4, -0.2) is 107 Å². The zero-order valence-corrected chi connectivity index (χ0v) is 31.7. The second-order valence-corrected chi connectivity index (χ2v) is 15.6. The van der Waals surface area contributed by atoms with Gasteiger partial charge in [0.15, 0.2) is 23.0 Å². The minimum Gasteiger partial charge on any atom is -0.493 e. The van der Waals surface area contributed by atoms with E-state index in [0.29, 0.717) is 65.0 Å². The molecule has 1 spiro atoms. The fourth-order valence-corrected chi connectivity index (χ4v) is 8.65. The largest absolute Gasteiger partial charge is 0.493 e. The Balaban J connectivity index is 0.778. The number of ether oxygens (including phenoxy) is 5. The van der Waals surface area contributed by atoms with Crippen molar-refractivity contribution in [2.24, 2.45) is 10.4 Å². The molecule has 3 aromatic carbocycles. The van der Waals surface area contributed by atoms with Crippen molar-refractivity contribution >= 4 is 40.7 Å². The normalized spacial score (nSPS) is 21.9. The Labute approximate surface area is 322 Å². The van der Waals surface area contributed by atoms with Gasteiger partial charge in [-0.15, -0.1) is 0 Å². The zero-order chi connectivity index (χ0) is 37.5. The van der Waals surface area contributed by atoms with Gasteiger partial charge in [0.2, 0.25) is 0 Å². The van der Waals surface area contributed by atoms with E-state index in [-0.39, 0.29) is 23.9 Å². The standard InChI is InChI=1S/C43H49N5O7/c1-51-37-19-33-35(44-24-31-18-29(26-47(31)41(33)49)28-6-8-30(9-7-28)46-12-16-53-17-13-46)21-39(37)54-14-4-3-5-15-55-40-22-36-34(20-38(40)52-2)42(50)48-27-43(10-11-43)23-32(48)25-45-36/h6-9,19-22,25-26,31-32,44H,3-5,10-18,23-24,27H2,1-2H3/t31-,32-/m0/s1. The number of hydrogen-bond acceptors (Lipinski definition) is 10. The van der Waals surface area contributed by atoms with E-state index in [1.165, 1.54) is 18.5 Å². The van der Waals surface area contributed by atoms with Crippen LogP contribution in [0.25, 0.3) is 5.57 Å². The van der Waals surface area contributed by atoms with Crippen LogP contribution in [0.15, 0.2) is 59.7 Å². The summed E-state index contributed by atoms with van der Waals surface area (Å²) in [6.45, 7) is 5.74. The second kappa shape index (κ2) is 14.8. The lowest BCUT2D eigenvalue weighted by molar-refractivity contribution is 0.0765. The zero-order valence-electron chi connectivity index (χ0n) is 31.7. The predicted molar refractivity (Wildman–Crippen MR) is 211 cm³/mol. The highest BCUT2D eigenvalue weighted by Crippen LogP contribution is 2.55. The number of hydrogen-bond donors (Lipinski definition) is 1. The molecule has 5 heterocycles. The molecule has 1 saturated carbocycles. The van der Waals surface area contributed by atoms with Crippen LogP contribution in [0.4, 0.5) is 17.1 Å². The van der Waals surface area contributed by atoms with Gasteiger partial charge in [-0.1, -0.05) is 12.1 Å². The van der Waals surface area contributed by atoms with Crippen molar-refractivity contribution < 1.29 is 33.3 Å². The number of carbonyl (C=O) groups excluding carboxylic acids is 2. The SMILES string of the molecule is COc1cc2c(cc1OCCCCCOc1cc3c(cc1OC)C(=O)N1C=C(c4ccc(N5CCOCC5)cc4)C[C@H]1CN3)N=C[C@@H]1CC3(CC3)CN1C2=O. The van der Waals surface area contributed by atoms with Crippen LogP contribution in [-0.2, 0) is 4.74 Å². The van der Waals surface area contributed by atoms with Crippen molar-refractivity contribution in [1.82, 2.24) is 9.80 Å². The van der Waals surface area contributed by atoms with E-state index in [1.54, 1.807) is 26.4 Å². The molecule has 55 heavy (non-hydrogen) atoms. The Kier molecular flexibility index (Phi) is 9.53. The number of carbonyl (C=O) groups is 2. The van der Waals surface area contributed by atoms with Crippen LogP contribution in [0, 0.1) is 5.41 Å². The van der Waals surface area contributed by atoms with Gasteiger partial charge in [-0.2, -0.15) is 0 Å². The Hall–Kier alpha value is -5.23. The first-order chi connectivity index (χ1) is 26.9. The van der Waals surface area contributed by atoms with Gasteiger partial charge in [-0.3, -0.25) is 14.6 Å². The highest BCUT2D eigenvalue weighted by atomic mass is 16.5. The molecule has 2 atom stereocenters. The minimum atomic E-state index is -0.0499. The average Bonchev–Trinajstić information content (AvgIpc) is 3.75. The molecule has 2 amide bonds. The molecule has 6 aliphatic rings. The van der Waals surface area contributed by atoms with E-state index in [1.807, 2.05) is 34.3 Å². The van der Waals surface area contributed by atoms with Crippen LogP contribution in [0.1, 0.15) is 71.2 Å². The van der Waals surface area contributed by atoms with Gasteiger partial charge in [-0.25, -0.2) is 0 Å². The topological polar surface area (TPSA) is 114 Å². The summed E-state index contributed by atoms with van der Waals surface area (Å²) in [5.74, 6) is 2.23. The van der Waals surface area contributed by atoms with Crippen LogP contribution >= 0.6 is 0 Å². The number of unbranched alkanes of at least 4 members (excludes halogenated alkanes) is 2. The van der Waals surface area contributed by atoms with Gasteiger partial charge < -0.3 is 43.7 Å². The van der Waals surface area contributed by atoms with E-state index < -0.39 is 0 Å². The van der Waals surface area contributed by atoms with Gasteiger partial charge in [0.05, 0.1) is 75.2 Å². The molecule has 2 saturated heterocycles. The molecule has 288 valence electrons. The maximum Gasteiger partial charge on any atom is 0.260 e. The molecular formula is C43H49N5O7. The first kappa shape index (κ1) is 35.5. The number of anilines is 2. The number of rotatable bonds is 12. The van der Waals surface area contributed by atoms with Gasteiger partial charge in [-0.05, 0) is 85.8 Å². The number of nitrogens with one attached hydrogen (secondary N) is 1. The first-order valence-corrected chi connectivity index (χ1v) is 19.7. The molecule has 5 aliphatic heterocycles. The molecule has 0 radical (unpaired) electrons. The summed E-state index contributed by atoms with van der Waals surface area (Å²) in [6.07, 6.45) is 10.6. The highest BCUT2D eigenvalue weighted by Gasteiger charge is 2.53. The lowest BCUT2D eigenvalue weighted by Crippen LogP contribution is -2.36. The van der Waals surface area contributed by atoms with Crippen LogP contribution in [0.5, 0.6) is 23.0 Å². The molecule has 3 fully saturated rings. The minimum absolute atomic E-state index is 0.0139. The summed E-state index contributed by atoms with van der Waals surface area (Å²) in [6, 6.07) is 16.0. The Morgan fingerprint density at radius 1 is 0.855 bits per heavy atom. The number of nitrogens with zero attached hydrogens (tertiary/aromatic N) is 4. The van der Waals surface area contributed by atoms with E-state index in [9.17, 15) is 9.59 Å². The maximum atomic E-state index is 13.9. The van der Waals surface area contributed by atoms with Crippen molar-refractivity contribution in [3.8, 4) is 23.0 Å². The number of benzene rings is 3. The fourth-order valence-electron chi connectivity index (χ4n) is 8.65. The van der Waals surface area contributed by atoms with Crippen molar-refractivity contribution in [3.05, 3.63) is 71.4 Å². The predicted octanol–water partition coefficient (Wildman–Crippen LogP) is 6.56. The summed E-state index contributed by atoms with van der Waals surface area (Å²) in [7, 11) is 3.20. The first-order valence-electron chi connectivity index (χ1n) is 19.7. The fraction of sp³-hybridized carbons (Fsp3) is 0.465. The van der Waals surface area contributed by atoms with E-state index in [0.717, 1.165) is 81.8 Å². The van der Waals surface area contributed by atoms with Crippen molar-refractivity contribution in [2.45, 2.75) is 57.0 Å². The summed E-state index contributed by atoms with van der Waals surface area (Å²) < 4.78 is 29.2. The third kappa shape index (κ3) is 6.96. The molecule has 1 N–H and O–H groups in total. The lowest BCUT2D eigenvalue weighted by Gasteiger charge is -2.29. The van der Waals surface area contributed by atoms with E-state index in [2.05, 4.69) is 34.5 Å². The van der Waals surface area contributed by atoms with Crippen molar-refractivity contribution in [2.75, 3.05) is 77.0 Å². The number of morpholine rings is 1. The number of aliphatic imine (C=N–C) groups is 1. The molecule has 0 aromatic heterocycles. The lowest BCUT2D eigenvalue weighted by atomic mass is 10.0. The third-order valence-corrected chi connectivity index (χ3v) is 12.0. The van der Waals surface area contributed by atoms with Crippen molar-refractivity contribution in [1.29, 1.82) is 0 Å². The van der Waals surface area contributed by atoms with E-state index in [4.69, 9.17) is 28.7 Å². The van der Waals surface area contributed by atoms with Gasteiger partial charge in [0.1, 0.15) is 0 Å². The number of amides is 2. The average molecular weight is 748 g/mol. The van der Waals surface area contributed by atoms with Crippen LogP contribution < -0.4 is 29.2 Å². The highest BCUT2D eigenvalue weighted by molar-refractivity contribution is 6.04. The monoisotopic (exact) mass is 747 g/mol. The Morgan fingerprint density at radius 3 is 2.27 bits per heavy atom. The quantitative estimate of drug-likeness (QED) is 0.206. The smallest absolute Gasteiger partial charge is 0.260 e. The summed E-state index contributed by atoms with van der Waals surface area (Å²) in [4.78, 5) is 38.3. The summed E-state index contributed by atoms with van der Waals surface area (Å²) in [5.41, 5.74) is 6.32. The van der Waals surface area contributed by atoms with E-state index >= 15 is 0 Å². The van der Waals surface area contributed by atoms with Crippen LogP contribution in [0.3, 0.4) is 0 Å². The molecule has 0 unspecified atom stereocenters. The van der Waals surface area contributed by atoms with Crippen LogP contribution in [0.2, 0.25) is 0 Å². The Morgan fingerprint density at radius 2 is 1.56 bits per heavy atom. The molecule has 1 aliphatic carbocycles. The third-order valence-electron chi connectivity index (χ3n) is 12.0. The molecule has 12 heteroatoms. The molecular weight excluding hydrogens is 699 g/mol. The molecule has 12 nitrogen and oxygen atoms in total. The van der Waals surface area contributed by atoms with Gasteiger partial charge in [0.25, 0.3) is 11.8 Å². The van der Waals surface area contributed by atoms with Crippen molar-refractivity contribution in [3.63, 3.8) is 0 Å². The maximum absolute atomic E-state index is 13.9. The van der Waals surface area contributed by atoms with Gasteiger partial charge in [0, 0.05) is 56.4 Å². The molecule has 0 bridgehead atoms. The molecule has 9 rings (SSSR count). The van der Waals surface area contributed by atoms with Gasteiger partial charge >= 0.3 is 0 Å².